The molecule has 0 saturated carbocycles. The van der Waals surface area contributed by atoms with Crippen LogP contribution in [-0.4, -0.2) is 49.6 Å². The van der Waals surface area contributed by atoms with E-state index in [9.17, 15) is 9.59 Å². The fourth-order valence-electron chi connectivity index (χ4n) is 1.18. The summed E-state index contributed by atoms with van der Waals surface area (Å²) in [5.41, 5.74) is 0. The van der Waals surface area contributed by atoms with Crippen molar-refractivity contribution >= 4 is 11.8 Å². The number of carbonyl (C=O) groups excluding carboxylic acids is 2. The van der Waals surface area contributed by atoms with Gasteiger partial charge in [-0.05, 0) is 20.8 Å². The summed E-state index contributed by atoms with van der Waals surface area (Å²) in [4.78, 5) is 24.6. The highest BCUT2D eigenvalue weighted by atomic mass is 16.5. The van der Waals surface area contributed by atoms with Crippen molar-refractivity contribution in [3.8, 4) is 0 Å². The van der Waals surface area contributed by atoms with Gasteiger partial charge in [0.15, 0.2) is 0 Å². The van der Waals surface area contributed by atoms with Gasteiger partial charge in [0.05, 0.1) is 6.61 Å². The molecule has 0 aliphatic rings. The Hall–Kier alpha value is -1.10. The van der Waals surface area contributed by atoms with Crippen molar-refractivity contribution in [3.05, 3.63) is 0 Å². The number of hydrogen-bond donors (Lipinski definition) is 1. The molecule has 2 amide bonds. The zero-order valence-corrected chi connectivity index (χ0v) is 11.3. The number of nitrogens with zero attached hydrogens (tertiary/aromatic N) is 1. The average molecular weight is 244 g/mol. The topological polar surface area (TPSA) is 58.6 Å². The number of ether oxygens (including phenoxy) is 1. The van der Waals surface area contributed by atoms with Crippen molar-refractivity contribution in [2.75, 3.05) is 26.8 Å². The van der Waals surface area contributed by atoms with Gasteiger partial charge in [-0.25, -0.2) is 0 Å². The Morgan fingerprint density at radius 3 is 2.47 bits per heavy atom. The zero-order chi connectivity index (χ0) is 13.3. The normalized spacial score (nSPS) is 10.4. The van der Waals surface area contributed by atoms with E-state index in [4.69, 9.17) is 4.74 Å². The van der Waals surface area contributed by atoms with E-state index < -0.39 is 0 Å². The third-order valence-corrected chi connectivity index (χ3v) is 2.51. The zero-order valence-electron chi connectivity index (χ0n) is 11.3. The fourth-order valence-corrected chi connectivity index (χ4v) is 1.18. The molecule has 0 spiro atoms. The van der Waals surface area contributed by atoms with E-state index in [2.05, 4.69) is 5.32 Å². The molecule has 0 aliphatic heterocycles. The molecule has 1 N–H and O–H groups in total. The number of rotatable bonds is 8. The maximum atomic E-state index is 11.6. The Morgan fingerprint density at radius 2 is 1.94 bits per heavy atom. The standard InChI is InChI=1S/C12H24N2O3/c1-5-17-9-8-13-11(15)6-7-12(16)14(4)10(2)3/h10H,5-9H2,1-4H3,(H,13,15). The average Bonchev–Trinajstić information content (AvgIpc) is 2.30. The lowest BCUT2D eigenvalue weighted by atomic mass is 10.2. The van der Waals surface area contributed by atoms with E-state index in [1.54, 1.807) is 11.9 Å². The third-order valence-electron chi connectivity index (χ3n) is 2.51. The van der Waals surface area contributed by atoms with Crippen LogP contribution in [0, 0.1) is 0 Å². The molecule has 0 unspecified atom stereocenters. The van der Waals surface area contributed by atoms with E-state index in [-0.39, 0.29) is 30.7 Å². The summed E-state index contributed by atoms with van der Waals surface area (Å²) in [5.74, 6) is -0.102. The Labute approximate surface area is 103 Å². The molecule has 17 heavy (non-hydrogen) atoms. The first kappa shape index (κ1) is 15.9. The van der Waals surface area contributed by atoms with Crippen LogP contribution in [0.2, 0.25) is 0 Å². The van der Waals surface area contributed by atoms with Crippen molar-refractivity contribution < 1.29 is 14.3 Å². The lowest BCUT2D eigenvalue weighted by molar-refractivity contribution is -0.133. The smallest absolute Gasteiger partial charge is 0.223 e. The Balaban J connectivity index is 3.66. The summed E-state index contributed by atoms with van der Waals surface area (Å²) in [6, 6.07) is 0.170. The van der Waals surface area contributed by atoms with Crippen molar-refractivity contribution in [2.24, 2.45) is 0 Å². The minimum atomic E-state index is -0.102. The lowest BCUT2D eigenvalue weighted by Gasteiger charge is -2.21. The lowest BCUT2D eigenvalue weighted by Crippen LogP contribution is -2.34. The van der Waals surface area contributed by atoms with Crippen molar-refractivity contribution in [2.45, 2.75) is 39.7 Å². The van der Waals surface area contributed by atoms with E-state index in [0.717, 1.165) is 0 Å². The number of amides is 2. The van der Waals surface area contributed by atoms with Crippen LogP contribution in [0.15, 0.2) is 0 Å². The van der Waals surface area contributed by atoms with Crippen LogP contribution in [0.5, 0.6) is 0 Å². The summed E-state index contributed by atoms with van der Waals surface area (Å²) >= 11 is 0. The Morgan fingerprint density at radius 1 is 1.29 bits per heavy atom. The molecule has 100 valence electrons. The number of carbonyl (C=O) groups is 2. The molecule has 0 rings (SSSR count). The van der Waals surface area contributed by atoms with Gasteiger partial charge in [0, 0.05) is 39.1 Å². The second kappa shape index (κ2) is 8.98. The van der Waals surface area contributed by atoms with Crippen LogP contribution >= 0.6 is 0 Å². The molecule has 0 radical (unpaired) electrons. The van der Waals surface area contributed by atoms with Gasteiger partial charge in [-0.2, -0.15) is 0 Å². The Bertz CT molecular complexity index is 242. The van der Waals surface area contributed by atoms with Crippen LogP contribution in [0.3, 0.4) is 0 Å². The molecule has 0 fully saturated rings. The van der Waals surface area contributed by atoms with Crippen LogP contribution in [0.1, 0.15) is 33.6 Å². The summed E-state index contributed by atoms with van der Waals surface area (Å²) in [7, 11) is 1.75. The van der Waals surface area contributed by atoms with Gasteiger partial charge >= 0.3 is 0 Å². The predicted octanol–water partition coefficient (Wildman–Crippen LogP) is 0.786. The first-order valence-electron chi connectivity index (χ1n) is 6.09. The first-order chi connectivity index (χ1) is 7.99. The molecule has 0 saturated heterocycles. The minimum absolute atomic E-state index is 0.0000387. The maximum Gasteiger partial charge on any atom is 0.223 e. The predicted molar refractivity (Wildman–Crippen MR) is 66.6 cm³/mol. The van der Waals surface area contributed by atoms with Crippen molar-refractivity contribution in [1.82, 2.24) is 10.2 Å². The van der Waals surface area contributed by atoms with E-state index in [0.29, 0.717) is 19.8 Å². The summed E-state index contributed by atoms with van der Waals surface area (Å²) in [5, 5.41) is 2.71. The van der Waals surface area contributed by atoms with Gasteiger partial charge in [-0.3, -0.25) is 9.59 Å². The third kappa shape index (κ3) is 7.74. The van der Waals surface area contributed by atoms with Gasteiger partial charge in [0.25, 0.3) is 0 Å². The van der Waals surface area contributed by atoms with Gasteiger partial charge in [0.2, 0.25) is 11.8 Å². The van der Waals surface area contributed by atoms with Gasteiger partial charge in [-0.1, -0.05) is 0 Å². The van der Waals surface area contributed by atoms with E-state index in [1.165, 1.54) is 0 Å². The van der Waals surface area contributed by atoms with E-state index in [1.807, 2.05) is 20.8 Å². The highest BCUT2D eigenvalue weighted by molar-refractivity contribution is 5.83. The minimum Gasteiger partial charge on any atom is -0.380 e. The SMILES string of the molecule is CCOCCNC(=O)CCC(=O)N(C)C(C)C. The summed E-state index contributed by atoms with van der Waals surface area (Å²) in [6.07, 6.45) is 0.497. The maximum absolute atomic E-state index is 11.6. The molecule has 0 atom stereocenters. The summed E-state index contributed by atoms with van der Waals surface area (Å²) in [6.45, 7) is 7.46. The highest BCUT2D eigenvalue weighted by Crippen LogP contribution is 2.00. The molecule has 0 aliphatic carbocycles. The van der Waals surface area contributed by atoms with Crippen LogP contribution in [0.4, 0.5) is 0 Å². The molecule has 0 aromatic carbocycles. The Kier molecular flexibility index (Phi) is 8.40. The van der Waals surface area contributed by atoms with E-state index >= 15 is 0 Å². The molecule has 5 nitrogen and oxygen atoms in total. The van der Waals surface area contributed by atoms with Crippen LogP contribution in [-0.2, 0) is 14.3 Å². The first-order valence-corrected chi connectivity index (χ1v) is 6.09. The quantitative estimate of drug-likeness (QED) is 0.642. The monoisotopic (exact) mass is 244 g/mol. The molecular weight excluding hydrogens is 220 g/mol. The molecule has 0 heterocycles. The fraction of sp³-hybridized carbons (Fsp3) is 0.833. The largest absolute Gasteiger partial charge is 0.380 e. The van der Waals surface area contributed by atoms with Gasteiger partial charge in [-0.15, -0.1) is 0 Å². The van der Waals surface area contributed by atoms with Crippen molar-refractivity contribution in [3.63, 3.8) is 0 Å². The van der Waals surface area contributed by atoms with Crippen LogP contribution < -0.4 is 5.32 Å². The molecule has 5 heteroatoms. The second-order valence-corrected chi connectivity index (χ2v) is 4.15. The molecule has 0 aromatic heterocycles. The molecule has 0 aromatic rings. The molecular formula is C12H24N2O3. The number of hydrogen-bond acceptors (Lipinski definition) is 3. The number of nitrogens with one attached hydrogen (secondary N) is 1. The molecule has 0 bridgehead atoms. The van der Waals surface area contributed by atoms with Crippen LogP contribution in [0.25, 0.3) is 0 Å². The van der Waals surface area contributed by atoms with Crippen molar-refractivity contribution in [1.29, 1.82) is 0 Å². The second-order valence-electron chi connectivity index (χ2n) is 4.15. The van der Waals surface area contributed by atoms with Gasteiger partial charge < -0.3 is 15.0 Å². The highest BCUT2D eigenvalue weighted by Gasteiger charge is 2.13. The summed E-state index contributed by atoms with van der Waals surface area (Å²) < 4.78 is 5.09. The van der Waals surface area contributed by atoms with Gasteiger partial charge in [0.1, 0.15) is 0 Å².